The van der Waals surface area contributed by atoms with Gasteiger partial charge in [-0.2, -0.15) is 23.1 Å². The van der Waals surface area contributed by atoms with Crippen molar-refractivity contribution in [2.75, 3.05) is 38.5 Å². The Morgan fingerprint density at radius 1 is 1.17 bits per heavy atom. The van der Waals surface area contributed by atoms with Crippen molar-refractivity contribution in [1.29, 1.82) is 0 Å². The van der Waals surface area contributed by atoms with Gasteiger partial charge in [0.05, 0.1) is 0 Å². The van der Waals surface area contributed by atoms with E-state index in [0.717, 1.165) is 58.9 Å². The molecule has 3 rings (SSSR count). The van der Waals surface area contributed by atoms with Crippen molar-refractivity contribution in [3.8, 4) is 6.01 Å². The van der Waals surface area contributed by atoms with Gasteiger partial charge in [-0.15, -0.1) is 0 Å². The number of aromatic nitrogens is 4. The van der Waals surface area contributed by atoms with Gasteiger partial charge < -0.3 is 25.7 Å². The minimum absolute atomic E-state index is 0.131. The molecule has 162 valence electrons. The lowest BCUT2D eigenvalue weighted by atomic mass is 10.2. The number of unbranched alkanes of at least 4 members (excludes halogenated alkanes) is 2. The van der Waals surface area contributed by atoms with Crippen LogP contribution in [0, 0.1) is 0 Å². The molecule has 29 heavy (non-hydrogen) atoms. The maximum atomic E-state index is 12.7. The number of fused-ring (bicyclic) bond motifs is 1. The number of imidazole rings is 1. The third-order valence-corrected chi connectivity index (χ3v) is 4.94. The van der Waals surface area contributed by atoms with E-state index in [4.69, 9.17) is 10.5 Å². The fourth-order valence-corrected chi connectivity index (χ4v) is 3.23. The molecule has 2 aromatic rings. The van der Waals surface area contributed by atoms with Crippen LogP contribution in [0.4, 0.5) is 19.0 Å². The Labute approximate surface area is 165 Å². The largest absolute Gasteiger partial charge is 0.451 e. The van der Waals surface area contributed by atoms with Crippen LogP contribution in [0.15, 0.2) is 4.79 Å². The maximum Gasteiger partial charge on any atom is 0.425 e. The Bertz CT molecular complexity index is 874. The van der Waals surface area contributed by atoms with E-state index in [9.17, 15) is 18.0 Å². The normalized spacial score (nSPS) is 17.0. The first-order valence-corrected chi connectivity index (χ1v) is 9.68. The van der Waals surface area contributed by atoms with Crippen molar-refractivity contribution in [3.05, 3.63) is 10.5 Å². The first-order valence-electron chi connectivity index (χ1n) is 9.68. The van der Waals surface area contributed by atoms with Gasteiger partial charge in [0.15, 0.2) is 17.6 Å². The van der Waals surface area contributed by atoms with Crippen molar-refractivity contribution in [3.63, 3.8) is 0 Å². The Balaban J connectivity index is 1.64. The fraction of sp³-hybridized carbons (Fsp3) is 0.706. The zero-order chi connectivity index (χ0) is 21.0. The predicted molar refractivity (Wildman–Crippen MR) is 102 cm³/mol. The number of alkyl halides is 3. The Morgan fingerprint density at radius 2 is 1.86 bits per heavy atom. The number of aromatic amines is 1. The van der Waals surface area contributed by atoms with Gasteiger partial charge >= 0.3 is 17.9 Å². The summed E-state index contributed by atoms with van der Waals surface area (Å²) in [5.74, 6) is -0.131. The summed E-state index contributed by atoms with van der Waals surface area (Å²) in [6.07, 6.45) is -4.00. The highest BCUT2D eigenvalue weighted by molar-refractivity contribution is 5.81. The first-order chi connectivity index (χ1) is 13.8. The Hall–Kier alpha value is -2.34. The molecule has 4 N–H and O–H groups in total. The fourth-order valence-electron chi connectivity index (χ4n) is 3.23. The maximum absolute atomic E-state index is 12.7. The van der Waals surface area contributed by atoms with Crippen molar-refractivity contribution in [2.45, 2.75) is 45.0 Å². The van der Waals surface area contributed by atoms with Gasteiger partial charge in [0, 0.05) is 32.7 Å². The quantitative estimate of drug-likeness (QED) is 0.551. The second-order valence-corrected chi connectivity index (χ2v) is 7.13. The van der Waals surface area contributed by atoms with Gasteiger partial charge in [-0.1, -0.05) is 6.42 Å². The average molecular weight is 417 g/mol. The molecule has 3 heterocycles. The van der Waals surface area contributed by atoms with E-state index < -0.39 is 24.0 Å². The van der Waals surface area contributed by atoms with Crippen molar-refractivity contribution >= 4 is 17.0 Å². The minimum Gasteiger partial charge on any atom is -0.451 e. The lowest BCUT2D eigenvalue weighted by Crippen LogP contribution is -2.43. The van der Waals surface area contributed by atoms with E-state index in [1.807, 2.05) is 0 Å². The van der Waals surface area contributed by atoms with Crippen LogP contribution >= 0.6 is 0 Å². The van der Waals surface area contributed by atoms with Crippen molar-refractivity contribution in [1.82, 2.24) is 29.7 Å². The van der Waals surface area contributed by atoms with Crippen LogP contribution in [0.1, 0.15) is 26.2 Å². The number of hydrogen-bond acceptors (Lipinski definition) is 7. The van der Waals surface area contributed by atoms with E-state index in [2.05, 4.69) is 25.2 Å². The zero-order valence-corrected chi connectivity index (χ0v) is 16.3. The van der Waals surface area contributed by atoms with E-state index >= 15 is 0 Å². The van der Waals surface area contributed by atoms with Crippen molar-refractivity contribution < 1.29 is 17.9 Å². The Morgan fingerprint density at radius 3 is 2.55 bits per heavy atom. The molecule has 0 aliphatic carbocycles. The van der Waals surface area contributed by atoms with Crippen LogP contribution in [-0.2, 0) is 6.54 Å². The molecule has 0 radical (unpaired) electrons. The summed E-state index contributed by atoms with van der Waals surface area (Å²) in [4.78, 5) is 24.9. The van der Waals surface area contributed by atoms with Crippen LogP contribution in [0.3, 0.4) is 0 Å². The molecule has 1 fully saturated rings. The van der Waals surface area contributed by atoms with Gasteiger partial charge in [-0.25, -0.2) is 4.79 Å². The third kappa shape index (κ3) is 5.38. The average Bonchev–Trinajstić information content (AvgIpc) is 2.98. The van der Waals surface area contributed by atoms with Crippen LogP contribution < -0.4 is 21.5 Å². The molecule has 1 aliphatic rings. The number of ether oxygens (including phenoxy) is 1. The van der Waals surface area contributed by atoms with Crippen LogP contribution in [-0.4, -0.2) is 69.4 Å². The number of rotatable bonds is 8. The van der Waals surface area contributed by atoms with Gasteiger partial charge in [0.1, 0.15) is 5.52 Å². The summed E-state index contributed by atoms with van der Waals surface area (Å²) in [6, 6.07) is -0.508. The number of hydrogen-bond donors (Lipinski definition) is 3. The topological polar surface area (TPSA) is 114 Å². The van der Waals surface area contributed by atoms with Gasteiger partial charge in [-0.05, 0) is 26.3 Å². The van der Waals surface area contributed by atoms with E-state index in [-0.39, 0.29) is 17.0 Å². The number of aryl methyl sites for hydroxylation is 1. The summed E-state index contributed by atoms with van der Waals surface area (Å²) < 4.78 is 44.3. The highest BCUT2D eigenvalue weighted by Crippen LogP contribution is 2.25. The molecular formula is C17H26F3N7O2. The van der Waals surface area contributed by atoms with Gasteiger partial charge in [-0.3, -0.25) is 4.57 Å². The molecule has 0 saturated carbocycles. The summed E-state index contributed by atoms with van der Waals surface area (Å²) >= 11 is 0. The van der Waals surface area contributed by atoms with Gasteiger partial charge in [0.25, 0.3) is 0 Å². The second-order valence-electron chi connectivity index (χ2n) is 7.13. The summed E-state index contributed by atoms with van der Waals surface area (Å²) in [6.45, 7) is 6.32. The standard InChI is InChI=1S/C17H26F3N7O2/c1-11(17(18,19)20)29-15-24-13(21)12-14(25-15)27(16(28)23-12)8-4-2-3-7-26-9-5-22-6-10-26/h11,22H,2-10H2,1H3,(H,23,28)(H2,21,24,25). The smallest absolute Gasteiger partial charge is 0.425 e. The number of piperazine rings is 1. The van der Waals surface area contributed by atoms with Crippen molar-refractivity contribution in [2.24, 2.45) is 0 Å². The molecule has 0 aromatic carbocycles. The number of H-pyrrole nitrogens is 1. The van der Waals surface area contributed by atoms with E-state index in [1.165, 1.54) is 4.57 Å². The highest BCUT2D eigenvalue weighted by Gasteiger charge is 2.38. The number of anilines is 1. The zero-order valence-electron chi connectivity index (χ0n) is 16.3. The minimum atomic E-state index is -4.56. The van der Waals surface area contributed by atoms with E-state index in [0.29, 0.717) is 6.54 Å². The number of nitrogens with two attached hydrogens (primary N) is 1. The predicted octanol–water partition coefficient (Wildman–Crippen LogP) is 1.11. The SMILES string of the molecule is CC(Oc1nc(N)c2[nH]c(=O)n(CCCCCN3CCNCC3)c2n1)C(F)(F)F. The molecule has 2 aromatic heterocycles. The van der Waals surface area contributed by atoms with E-state index in [1.54, 1.807) is 0 Å². The molecule has 1 atom stereocenters. The van der Waals surface area contributed by atoms with Gasteiger partial charge in [0.2, 0.25) is 0 Å². The highest BCUT2D eigenvalue weighted by atomic mass is 19.4. The second kappa shape index (κ2) is 8.99. The summed E-state index contributed by atoms with van der Waals surface area (Å²) in [7, 11) is 0. The molecule has 1 unspecified atom stereocenters. The first kappa shape index (κ1) is 21.4. The molecule has 9 nitrogen and oxygen atoms in total. The number of nitrogens with zero attached hydrogens (tertiary/aromatic N) is 4. The lowest BCUT2D eigenvalue weighted by molar-refractivity contribution is -0.190. The molecule has 0 amide bonds. The monoisotopic (exact) mass is 417 g/mol. The molecule has 1 saturated heterocycles. The van der Waals surface area contributed by atoms with Crippen LogP contribution in [0.2, 0.25) is 0 Å². The number of halogens is 3. The summed E-state index contributed by atoms with van der Waals surface area (Å²) in [5.41, 5.74) is 5.69. The van der Waals surface area contributed by atoms with Crippen LogP contribution in [0.5, 0.6) is 6.01 Å². The molecular weight excluding hydrogens is 391 g/mol. The summed E-state index contributed by atoms with van der Waals surface area (Å²) in [5, 5.41) is 3.31. The third-order valence-electron chi connectivity index (χ3n) is 4.94. The molecule has 0 bridgehead atoms. The van der Waals surface area contributed by atoms with Crippen LogP contribution in [0.25, 0.3) is 11.2 Å². The number of nitrogens with one attached hydrogen (secondary N) is 2. The number of nitrogen functional groups attached to an aromatic ring is 1. The Kier molecular flexibility index (Phi) is 6.63. The molecule has 12 heteroatoms. The molecule has 1 aliphatic heterocycles. The molecule has 0 spiro atoms. The lowest BCUT2D eigenvalue weighted by Gasteiger charge is -2.27.